The fourth-order valence-corrected chi connectivity index (χ4v) is 4.62. The lowest BCUT2D eigenvalue weighted by Gasteiger charge is -2.31. The highest BCUT2D eigenvalue weighted by Gasteiger charge is 2.31. The Morgan fingerprint density at radius 2 is 1.82 bits per heavy atom. The second-order valence-corrected chi connectivity index (χ2v) is 10.4. The molecule has 0 saturated heterocycles. The summed E-state index contributed by atoms with van der Waals surface area (Å²) in [7, 11) is -0.996. The number of carbonyl (C=O) groups is 2. The van der Waals surface area contributed by atoms with Gasteiger partial charge in [0.15, 0.2) is 0 Å². The normalized spacial score (nSPS) is 11.9. The summed E-state index contributed by atoms with van der Waals surface area (Å²) in [5.41, 5.74) is 0.971. The summed E-state index contributed by atoms with van der Waals surface area (Å²) >= 11 is 3.41. The Bertz CT molecular complexity index is 1130. The zero-order valence-corrected chi connectivity index (χ0v) is 22.3. The first kappa shape index (κ1) is 27.5. The Balaban J connectivity index is 2.46. The highest BCUT2D eigenvalue weighted by molar-refractivity contribution is 9.10. The van der Waals surface area contributed by atoms with Crippen LogP contribution in [0.2, 0.25) is 0 Å². The van der Waals surface area contributed by atoms with Gasteiger partial charge in [-0.25, -0.2) is 8.42 Å². The molecule has 11 heteroatoms. The van der Waals surface area contributed by atoms with Gasteiger partial charge in [0.05, 0.1) is 26.2 Å². The number of nitrogens with zero attached hydrogens (tertiary/aromatic N) is 2. The van der Waals surface area contributed by atoms with Gasteiger partial charge in [0.25, 0.3) is 0 Å². The van der Waals surface area contributed by atoms with Crippen molar-refractivity contribution in [3.05, 3.63) is 52.5 Å². The van der Waals surface area contributed by atoms with Crippen LogP contribution in [0.5, 0.6) is 11.5 Å². The van der Waals surface area contributed by atoms with Gasteiger partial charge in [0, 0.05) is 23.6 Å². The first-order valence-corrected chi connectivity index (χ1v) is 13.2. The monoisotopic (exact) mass is 555 g/mol. The molecule has 0 heterocycles. The van der Waals surface area contributed by atoms with E-state index in [9.17, 15) is 18.0 Å². The molecule has 2 aromatic carbocycles. The SMILES string of the molecule is CCNC(=O)[C@H](C)N(Cc1cccc(Br)c1)C(=O)CN(c1ccc(OC)cc1OC)S(C)(=O)=O. The predicted molar refractivity (Wildman–Crippen MR) is 135 cm³/mol. The molecule has 0 aliphatic heterocycles. The number of methoxy groups -OCH3 is 2. The molecular formula is C23H30BrN3O6S. The van der Waals surface area contributed by atoms with E-state index in [2.05, 4.69) is 21.2 Å². The summed E-state index contributed by atoms with van der Waals surface area (Å²) in [6, 6.07) is 11.1. The summed E-state index contributed by atoms with van der Waals surface area (Å²) in [5, 5.41) is 2.72. The average Bonchev–Trinajstić information content (AvgIpc) is 2.79. The number of hydrogen-bond acceptors (Lipinski definition) is 6. The third-order valence-corrected chi connectivity index (χ3v) is 6.71. The van der Waals surface area contributed by atoms with Crippen molar-refractivity contribution < 1.29 is 27.5 Å². The van der Waals surface area contributed by atoms with Crippen LogP contribution in [0.3, 0.4) is 0 Å². The zero-order valence-electron chi connectivity index (χ0n) is 19.9. The summed E-state index contributed by atoms with van der Waals surface area (Å²) in [6.45, 7) is 3.40. The zero-order chi connectivity index (χ0) is 25.5. The van der Waals surface area contributed by atoms with Gasteiger partial charge in [0.2, 0.25) is 21.8 Å². The van der Waals surface area contributed by atoms with Crippen LogP contribution in [0, 0.1) is 0 Å². The molecule has 0 aliphatic rings. The third-order valence-electron chi connectivity index (χ3n) is 5.10. The molecule has 0 aliphatic carbocycles. The number of benzene rings is 2. The van der Waals surface area contributed by atoms with E-state index in [1.165, 1.54) is 31.3 Å². The smallest absolute Gasteiger partial charge is 0.244 e. The number of carbonyl (C=O) groups excluding carboxylic acids is 2. The maximum absolute atomic E-state index is 13.5. The van der Waals surface area contributed by atoms with Gasteiger partial charge in [-0.15, -0.1) is 0 Å². The summed E-state index contributed by atoms with van der Waals surface area (Å²) < 4.78 is 37.7. The molecule has 0 bridgehead atoms. The number of sulfonamides is 1. The Morgan fingerprint density at radius 1 is 1.12 bits per heavy atom. The number of nitrogens with one attached hydrogen (secondary N) is 1. The van der Waals surface area contributed by atoms with Gasteiger partial charge < -0.3 is 19.7 Å². The molecule has 0 radical (unpaired) electrons. The largest absolute Gasteiger partial charge is 0.497 e. The minimum Gasteiger partial charge on any atom is -0.497 e. The lowest BCUT2D eigenvalue weighted by molar-refractivity contribution is -0.139. The van der Waals surface area contributed by atoms with Gasteiger partial charge in [-0.2, -0.15) is 0 Å². The van der Waals surface area contributed by atoms with E-state index in [1.807, 2.05) is 24.3 Å². The van der Waals surface area contributed by atoms with Crippen LogP contribution in [0.4, 0.5) is 5.69 Å². The molecule has 0 spiro atoms. The van der Waals surface area contributed by atoms with E-state index in [0.29, 0.717) is 12.3 Å². The first-order chi connectivity index (χ1) is 16.0. The molecular weight excluding hydrogens is 526 g/mol. The number of halogens is 1. The standard InChI is InChI=1S/C23H30BrN3O6S/c1-6-25-23(29)16(2)26(14-17-8-7-9-18(24)12-17)22(28)15-27(34(5,30)31)20-11-10-19(32-3)13-21(20)33-4/h7-13,16H,6,14-15H2,1-5H3,(H,25,29)/t16-/m0/s1. The quantitative estimate of drug-likeness (QED) is 0.457. The van der Waals surface area contributed by atoms with Crippen LogP contribution < -0.4 is 19.1 Å². The van der Waals surface area contributed by atoms with Crippen LogP contribution >= 0.6 is 15.9 Å². The predicted octanol–water partition coefficient (Wildman–Crippen LogP) is 2.79. The topological polar surface area (TPSA) is 105 Å². The molecule has 34 heavy (non-hydrogen) atoms. The fraction of sp³-hybridized carbons (Fsp3) is 0.391. The van der Waals surface area contributed by atoms with Crippen LogP contribution in [0.1, 0.15) is 19.4 Å². The minimum absolute atomic E-state index is 0.119. The highest BCUT2D eigenvalue weighted by Crippen LogP contribution is 2.33. The fourth-order valence-electron chi connectivity index (χ4n) is 3.32. The number of hydrogen-bond donors (Lipinski definition) is 1. The van der Waals surface area contributed by atoms with E-state index in [4.69, 9.17) is 9.47 Å². The van der Waals surface area contributed by atoms with Gasteiger partial charge in [-0.1, -0.05) is 28.1 Å². The molecule has 0 unspecified atom stereocenters. The van der Waals surface area contributed by atoms with E-state index >= 15 is 0 Å². The van der Waals surface area contributed by atoms with Crippen molar-refractivity contribution in [1.29, 1.82) is 0 Å². The molecule has 9 nitrogen and oxygen atoms in total. The number of ether oxygens (including phenoxy) is 2. The Hall–Kier alpha value is -2.79. The second-order valence-electron chi connectivity index (χ2n) is 7.53. The second kappa shape index (κ2) is 12.1. The van der Waals surface area contributed by atoms with E-state index < -0.39 is 28.5 Å². The van der Waals surface area contributed by atoms with E-state index in [0.717, 1.165) is 20.6 Å². The summed E-state index contributed by atoms with van der Waals surface area (Å²) in [6.07, 6.45) is 1.01. The van der Waals surface area contributed by atoms with Crippen LogP contribution in [-0.4, -0.2) is 64.7 Å². The third kappa shape index (κ3) is 7.10. The van der Waals surface area contributed by atoms with Gasteiger partial charge in [0.1, 0.15) is 24.1 Å². The lowest BCUT2D eigenvalue weighted by atomic mass is 10.1. The molecule has 0 fully saturated rings. The molecule has 1 N–H and O–H groups in total. The highest BCUT2D eigenvalue weighted by atomic mass is 79.9. The Kier molecular flexibility index (Phi) is 9.75. The maximum atomic E-state index is 13.5. The molecule has 2 rings (SSSR count). The summed E-state index contributed by atoms with van der Waals surface area (Å²) in [5.74, 6) is -0.171. The maximum Gasteiger partial charge on any atom is 0.244 e. The van der Waals surface area contributed by atoms with Gasteiger partial charge in [-0.3, -0.25) is 13.9 Å². The number of anilines is 1. The average molecular weight is 556 g/mol. The molecule has 0 saturated carbocycles. The molecule has 1 atom stereocenters. The van der Waals surface area contributed by atoms with Crippen LogP contribution in [-0.2, 0) is 26.2 Å². The summed E-state index contributed by atoms with van der Waals surface area (Å²) in [4.78, 5) is 27.5. The van der Waals surface area contributed by atoms with Crippen molar-refractivity contribution >= 4 is 43.5 Å². The minimum atomic E-state index is -3.88. The molecule has 2 amide bonds. The van der Waals surface area contributed by atoms with Crippen molar-refractivity contribution in [2.75, 3.05) is 37.9 Å². The first-order valence-electron chi connectivity index (χ1n) is 10.5. The molecule has 186 valence electrons. The molecule has 0 aromatic heterocycles. The van der Waals surface area contributed by atoms with Crippen molar-refractivity contribution in [3.8, 4) is 11.5 Å². The van der Waals surface area contributed by atoms with Gasteiger partial charge in [-0.05, 0) is 43.7 Å². The van der Waals surface area contributed by atoms with Crippen molar-refractivity contribution in [2.24, 2.45) is 0 Å². The van der Waals surface area contributed by atoms with Crippen LogP contribution in [0.25, 0.3) is 0 Å². The van der Waals surface area contributed by atoms with Crippen molar-refractivity contribution in [3.63, 3.8) is 0 Å². The molecule has 2 aromatic rings. The van der Waals surface area contributed by atoms with E-state index in [-0.39, 0.29) is 23.9 Å². The van der Waals surface area contributed by atoms with Crippen molar-refractivity contribution in [1.82, 2.24) is 10.2 Å². The number of rotatable bonds is 11. The van der Waals surface area contributed by atoms with Crippen LogP contribution in [0.15, 0.2) is 46.9 Å². The number of likely N-dealkylation sites (N-methyl/N-ethyl adjacent to an activating group) is 1. The van der Waals surface area contributed by atoms with Gasteiger partial charge >= 0.3 is 0 Å². The Morgan fingerprint density at radius 3 is 2.38 bits per heavy atom. The van der Waals surface area contributed by atoms with E-state index in [1.54, 1.807) is 19.9 Å². The number of amides is 2. The van der Waals surface area contributed by atoms with Crippen molar-refractivity contribution in [2.45, 2.75) is 26.4 Å². The lowest BCUT2D eigenvalue weighted by Crippen LogP contribution is -2.51. The Labute approximate surface area is 209 Å².